The molecule has 35 heavy (non-hydrogen) atoms. The highest BCUT2D eigenvalue weighted by atomic mass is 16.5. The van der Waals surface area contributed by atoms with Crippen LogP contribution in [0.5, 0.6) is 5.75 Å². The zero-order valence-electron chi connectivity index (χ0n) is 19.0. The number of nitrogens with one attached hydrogen (secondary N) is 2. The minimum absolute atomic E-state index is 0.225. The van der Waals surface area contributed by atoms with Crippen molar-refractivity contribution in [2.45, 2.75) is 6.92 Å². The average molecular weight is 467 g/mol. The van der Waals surface area contributed by atoms with Crippen molar-refractivity contribution >= 4 is 34.2 Å². The molecule has 0 atom stereocenters. The second-order valence-corrected chi connectivity index (χ2v) is 7.82. The first-order valence-corrected chi connectivity index (χ1v) is 10.8. The van der Waals surface area contributed by atoms with E-state index in [0.29, 0.717) is 34.2 Å². The Morgan fingerprint density at radius 2 is 1.57 bits per heavy atom. The summed E-state index contributed by atoms with van der Waals surface area (Å²) in [5, 5.41) is 6.47. The summed E-state index contributed by atoms with van der Waals surface area (Å²) in [6, 6.07) is 19.2. The number of oxazole rings is 1. The number of amides is 2. The van der Waals surface area contributed by atoms with Crippen molar-refractivity contribution in [1.82, 2.24) is 4.98 Å². The van der Waals surface area contributed by atoms with Gasteiger partial charge in [0.2, 0.25) is 5.89 Å². The summed E-state index contributed by atoms with van der Waals surface area (Å²) in [5.74, 6) is 0.781. The smallest absolute Gasteiger partial charge is 0.291 e. The van der Waals surface area contributed by atoms with E-state index in [1.54, 1.807) is 61.8 Å². The van der Waals surface area contributed by atoms with Crippen molar-refractivity contribution in [3.63, 3.8) is 0 Å². The summed E-state index contributed by atoms with van der Waals surface area (Å²) in [7, 11) is 1.59. The Kier molecular flexibility index (Phi) is 5.76. The van der Waals surface area contributed by atoms with Gasteiger partial charge in [0.15, 0.2) is 5.76 Å². The number of aromatic nitrogens is 1. The van der Waals surface area contributed by atoms with Crippen LogP contribution in [0, 0.1) is 6.92 Å². The Hall–Kier alpha value is -4.85. The van der Waals surface area contributed by atoms with Gasteiger partial charge in [-0.3, -0.25) is 9.59 Å². The topological polar surface area (TPSA) is 107 Å². The molecule has 174 valence electrons. The number of carbonyl (C=O) groups is 2. The second kappa shape index (κ2) is 9.18. The number of rotatable bonds is 6. The van der Waals surface area contributed by atoms with Gasteiger partial charge >= 0.3 is 0 Å². The van der Waals surface area contributed by atoms with Gasteiger partial charge in [-0.25, -0.2) is 4.98 Å². The molecule has 0 aliphatic rings. The highest BCUT2D eigenvalue weighted by Crippen LogP contribution is 2.29. The molecule has 2 N–H and O–H groups in total. The number of benzene rings is 3. The maximum absolute atomic E-state index is 12.8. The van der Waals surface area contributed by atoms with Gasteiger partial charge in [-0.2, -0.15) is 0 Å². The second-order valence-electron chi connectivity index (χ2n) is 7.82. The SMILES string of the molecule is COc1ccc2oc(C(=O)Nc3ccc(C(=O)Nc4ccc(-c5ncco5)cc4)cc3)c(C)c2c1. The summed E-state index contributed by atoms with van der Waals surface area (Å²) in [6.45, 7) is 1.82. The number of methoxy groups -OCH3 is 1. The van der Waals surface area contributed by atoms with Crippen LogP contribution < -0.4 is 15.4 Å². The number of ether oxygens (including phenoxy) is 1. The van der Waals surface area contributed by atoms with Crippen LogP contribution in [0.4, 0.5) is 11.4 Å². The third kappa shape index (κ3) is 4.49. The van der Waals surface area contributed by atoms with E-state index in [0.717, 1.165) is 16.5 Å². The molecule has 0 saturated carbocycles. The Morgan fingerprint density at radius 3 is 2.23 bits per heavy atom. The molecule has 3 aromatic carbocycles. The number of nitrogens with zero attached hydrogens (tertiary/aromatic N) is 1. The van der Waals surface area contributed by atoms with Gasteiger partial charge in [-0.1, -0.05) is 0 Å². The van der Waals surface area contributed by atoms with E-state index < -0.39 is 0 Å². The maximum atomic E-state index is 12.8. The van der Waals surface area contributed by atoms with Crippen LogP contribution in [0.3, 0.4) is 0 Å². The molecule has 0 bridgehead atoms. The number of fused-ring (bicyclic) bond motifs is 1. The summed E-state index contributed by atoms with van der Waals surface area (Å²) in [5.41, 5.74) is 3.77. The molecule has 0 unspecified atom stereocenters. The zero-order chi connectivity index (χ0) is 24.4. The highest BCUT2D eigenvalue weighted by molar-refractivity contribution is 6.07. The number of carbonyl (C=O) groups excluding carboxylic acids is 2. The molecule has 0 saturated heterocycles. The number of hydrogen-bond donors (Lipinski definition) is 2. The quantitative estimate of drug-likeness (QED) is 0.322. The highest BCUT2D eigenvalue weighted by Gasteiger charge is 2.18. The van der Waals surface area contributed by atoms with Crippen molar-refractivity contribution in [2.24, 2.45) is 0 Å². The lowest BCUT2D eigenvalue weighted by Gasteiger charge is -2.08. The third-order valence-corrected chi connectivity index (χ3v) is 5.58. The molecular weight excluding hydrogens is 446 g/mol. The molecule has 0 radical (unpaired) electrons. The van der Waals surface area contributed by atoms with E-state index in [9.17, 15) is 9.59 Å². The fourth-order valence-electron chi connectivity index (χ4n) is 3.70. The van der Waals surface area contributed by atoms with Crippen LogP contribution in [-0.2, 0) is 0 Å². The number of anilines is 2. The summed E-state index contributed by atoms with van der Waals surface area (Å²) >= 11 is 0. The molecule has 0 fully saturated rings. The Balaban J connectivity index is 1.25. The van der Waals surface area contributed by atoms with Gasteiger partial charge < -0.3 is 24.2 Å². The predicted octanol–water partition coefficient (Wildman–Crippen LogP) is 5.91. The van der Waals surface area contributed by atoms with E-state index in [2.05, 4.69) is 15.6 Å². The molecule has 0 aliphatic carbocycles. The third-order valence-electron chi connectivity index (χ3n) is 5.58. The average Bonchev–Trinajstić information content (AvgIpc) is 3.53. The molecule has 0 spiro atoms. The van der Waals surface area contributed by atoms with Gasteiger partial charge in [0.05, 0.1) is 13.3 Å². The summed E-state index contributed by atoms with van der Waals surface area (Å²) < 4.78 is 16.3. The van der Waals surface area contributed by atoms with Crippen LogP contribution in [0.25, 0.3) is 22.4 Å². The van der Waals surface area contributed by atoms with Gasteiger partial charge in [0.25, 0.3) is 11.8 Å². The number of aryl methyl sites for hydroxylation is 1. The van der Waals surface area contributed by atoms with Crippen molar-refractivity contribution in [1.29, 1.82) is 0 Å². The monoisotopic (exact) mass is 467 g/mol. The molecule has 5 aromatic rings. The fourth-order valence-corrected chi connectivity index (χ4v) is 3.70. The van der Waals surface area contributed by atoms with Crippen LogP contribution >= 0.6 is 0 Å². The Bertz CT molecular complexity index is 1500. The lowest BCUT2D eigenvalue weighted by molar-refractivity contribution is 0.0996. The van der Waals surface area contributed by atoms with Crippen molar-refractivity contribution in [2.75, 3.05) is 17.7 Å². The maximum Gasteiger partial charge on any atom is 0.291 e. The first kappa shape index (κ1) is 22.0. The van der Waals surface area contributed by atoms with E-state index in [4.69, 9.17) is 13.6 Å². The van der Waals surface area contributed by atoms with E-state index in [1.807, 2.05) is 25.1 Å². The van der Waals surface area contributed by atoms with Crippen LogP contribution in [0.2, 0.25) is 0 Å². The van der Waals surface area contributed by atoms with Crippen LogP contribution in [-0.4, -0.2) is 23.9 Å². The number of furan rings is 1. The van der Waals surface area contributed by atoms with E-state index >= 15 is 0 Å². The zero-order valence-corrected chi connectivity index (χ0v) is 19.0. The predicted molar refractivity (Wildman–Crippen MR) is 132 cm³/mol. The minimum Gasteiger partial charge on any atom is -0.497 e. The van der Waals surface area contributed by atoms with Crippen LogP contribution in [0.1, 0.15) is 26.5 Å². The van der Waals surface area contributed by atoms with Crippen molar-refractivity contribution in [3.05, 3.63) is 96.1 Å². The standard InChI is InChI=1S/C27H21N3O5/c1-16-22-15-21(33-2)11-12-23(22)35-24(16)26(32)30-20-7-3-17(4-8-20)25(31)29-19-9-5-18(6-10-19)27-28-13-14-34-27/h3-15H,1-2H3,(H,29,31)(H,30,32). The molecule has 8 heteroatoms. The van der Waals surface area contributed by atoms with Crippen molar-refractivity contribution in [3.8, 4) is 17.2 Å². The van der Waals surface area contributed by atoms with E-state index in [-0.39, 0.29) is 17.6 Å². The van der Waals surface area contributed by atoms with Gasteiger partial charge in [-0.15, -0.1) is 0 Å². The van der Waals surface area contributed by atoms with Crippen LogP contribution in [0.15, 0.2) is 88.0 Å². The fraction of sp³-hybridized carbons (Fsp3) is 0.0741. The first-order chi connectivity index (χ1) is 17.0. The molecule has 8 nitrogen and oxygen atoms in total. The Labute approximate surface area is 200 Å². The molecular formula is C27H21N3O5. The van der Waals surface area contributed by atoms with Gasteiger partial charge in [-0.05, 0) is 73.7 Å². The van der Waals surface area contributed by atoms with Gasteiger partial charge in [0, 0.05) is 33.5 Å². The number of hydrogen-bond acceptors (Lipinski definition) is 6. The molecule has 0 aliphatic heterocycles. The van der Waals surface area contributed by atoms with Crippen molar-refractivity contribution < 1.29 is 23.2 Å². The molecule has 5 rings (SSSR count). The Morgan fingerprint density at radius 1 is 0.886 bits per heavy atom. The lowest BCUT2D eigenvalue weighted by atomic mass is 10.1. The summed E-state index contributed by atoms with van der Waals surface area (Å²) in [4.78, 5) is 29.5. The first-order valence-electron chi connectivity index (χ1n) is 10.8. The lowest BCUT2D eigenvalue weighted by Crippen LogP contribution is -2.14. The minimum atomic E-state index is -0.374. The molecule has 2 heterocycles. The normalized spacial score (nSPS) is 10.8. The largest absolute Gasteiger partial charge is 0.497 e. The van der Waals surface area contributed by atoms with E-state index in [1.165, 1.54) is 6.26 Å². The molecule has 2 amide bonds. The summed E-state index contributed by atoms with van der Waals surface area (Å²) in [6.07, 6.45) is 3.08. The molecule has 2 aromatic heterocycles. The van der Waals surface area contributed by atoms with Gasteiger partial charge in [0.1, 0.15) is 17.6 Å².